The van der Waals surface area contributed by atoms with Gasteiger partial charge in [-0.1, -0.05) is 6.92 Å². The van der Waals surface area contributed by atoms with E-state index in [1.807, 2.05) is 6.20 Å². The van der Waals surface area contributed by atoms with Crippen molar-refractivity contribution in [2.24, 2.45) is 0 Å². The zero-order valence-corrected chi connectivity index (χ0v) is 11.5. The van der Waals surface area contributed by atoms with E-state index in [2.05, 4.69) is 31.9 Å². The maximum atomic E-state index is 11.5. The number of methoxy groups -OCH3 is 1. The number of carbonyl (C=O) groups excluding carboxylic acids is 1. The lowest BCUT2D eigenvalue weighted by Crippen LogP contribution is -2.10. The molecule has 6 nitrogen and oxygen atoms in total. The van der Waals surface area contributed by atoms with Crippen LogP contribution in [0.3, 0.4) is 0 Å². The summed E-state index contributed by atoms with van der Waals surface area (Å²) in [5, 5.41) is 4.03. The standard InChI is InChI=1S/C12H14N4O2S/c1-3-8-4-14-10(19-8)6-15-11-9(12(17)18-2)5-13-7-16-11/h4-5,7H,3,6H2,1-2H3,(H,13,15,16). The largest absolute Gasteiger partial charge is 0.465 e. The lowest BCUT2D eigenvalue weighted by molar-refractivity contribution is 0.0601. The van der Waals surface area contributed by atoms with Crippen LogP contribution in [0, 0.1) is 0 Å². The van der Waals surface area contributed by atoms with Gasteiger partial charge in [0.05, 0.1) is 13.7 Å². The first-order valence-corrected chi connectivity index (χ1v) is 6.62. The van der Waals surface area contributed by atoms with Crippen LogP contribution < -0.4 is 5.32 Å². The molecule has 1 N–H and O–H groups in total. The molecule has 2 aromatic heterocycles. The summed E-state index contributed by atoms with van der Waals surface area (Å²) in [6, 6.07) is 0. The van der Waals surface area contributed by atoms with Gasteiger partial charge in [0.25, 0.3) is 0 Å². The number of aromatic nitrogens is 3. The van der Waals surface area contributed by atoms with Gasteiger partial charge in [0, 0.05) is 17.3 Å². The SMILES string of the molecule is CCc1cnc(CNc2ncncc2C(=O)OC)s1. The second-order valence-corrected chi connectivity index (χ2v) is 4.90. The van der Waals surface area contributed by atoms with E-state index in [0.717, 1.165) is 11.4 Å². The third kappa shape index (κ3) is 3.25. The first kappa shape index (κ1) is 13.4. The number of nitrogens with one attached hydrogen (secondary N) is 1. The quantitative estimate of drug-likeness (QED) is 0.842. The van der Waals surface area contributed by atoms with Gasteiger partial charge in [-0.05, 0) is 6.42 Å². The van der Waals surface area contributed by atoms with Crippen LogP contribution >= 0.6 is 11.3 Å². The van der Waals surface area contributed by atoms with Crippen LogP contribution in [0.2, 0.25) is 0 Å². The first-order valence-electron chi connectivity index (χ1n) is 5.80. The smallest absolute Gasteiger partial charge is 0.343 e. The zero-order chi connectivity index (χ0) is 13.7. The minimum absolute atomic E-state index is 0.317. The summed E-state index contributed by atoms with van der Waals surface area (Å²) in [6.45, 7) is 2.61. The number of ether oxygens (including phenoxy) is 1. The van der Waals surface area contributed by atoms with Gasteiger partial charge >= 0.3 is 5.97 Å². The van der Waals surface area contributed by atoms with Crippen molar-refractivity contribution in [1.82, 2.24) is 15.0 Å². The Morgan fingerprint density at radius 3 is 2.95 bits per heavy atom. The monoisotopic (exact) mass is 278 g/mol. The molecule has 2 aromatic rings. The second kappa shape index (κ2) is 6.24. The van der Waals surface area contributed by atoms with E-state index >= 15 is 0 Å². The molecule has 0 aliphatic heterocycles. The predicted molar refractivity (Wildman–Crippen MR) is 72.2 cm³/mol. The summed E-state index contributed by atoms with van der Waals surface area (Å²) in [7, 11) is 1.33. The van der Waals surface area contributed by atoms with Crippen molar-refractivity contribution in [2.45, 2.75) is 19.9 Å². The van der Waals surface area contributed by atoms with Gasteiger partial charge in [0.15, 0.2) is 0 Å². The maximum absolute atomic E-state index is 11.5. The number of carbonyl (C=O) groups is 1. The molecule has 0 aliphatic rings. The second-order valence-electron chi connectivity index (χ2n) is 3.70. The van der Waals surface area contributed by atoms with E-state index in [9.17, 15) is 4.79 Å². The Morgan fingerprint density at radius 2 is 2.26 bits per heavy atom. The molecule has 0 fully saturated rings. The number of aryl methyl sites for hydroxylation is 1. The Bertz CT molecular complexity index is 570. The fourth-order valence-corrected chi connectivity index (χ4v) is 2.28. The van der Waals surface area contributed by atoms with E-state index in [1.165, 1.54) is 24.5 Å². The van der Waals surface area contributed by atoms with Gasteiger partial charge in [-0.2, -0.15) is 0 Å². The van der Waals surface area contributed by atoms with Crippen LogP contribution in [0.15, 0.2) is 18.7 Å². The molecule has 100 valence electrons. The molecule has 0 atom stereocenters. The van der Waals surface area contributed by atoms with Crippen molar-refractivity contribution in [2.75, 3.05) is 12.4 Å². The van der Waals surface area contributed by atoms with Crippen molar-refractivity contribution in [1.29, 1.82) is 0 Å². The molecule has 0 aromatic carbocycles. The molecule has 0 saturated carbocycles. The highest BCUT2D eigenvalue weighted by molar-refractivity contribution is 7.11. The summed E-state index contributed by atoms with van der Waals surface area (Å²) in [4.78, 5) is 24.9. The molecule has 0 radical (unpaired) electrons. The van der Waals surface area contributed by atoms with Crippen molar-refractivity contribution >= 4 is 23.1 Å². The van der Waals surface area contributed by atoms with E-state index < -0.39 is 5.97 Å². The lowest BCUT2D eigenvalue weighted by Gasteiger charge is -2.07. The minimum Gasteiger partial charge on any atom is -0.465 e. The minimum atomic E-state index is -0.462. The van der Waals surface area contributed by atoms with Crippen molar-refractivity contribution < 1.29 is 9.53 Å². The average molecular weight is 278 g/mol. The van der Waals surface area contributed by atoms with E-state index in [1.54, 1.807) is 11.3 Å². The molecule has 7 heteroatoms. The number of thiazole rings is 1. The third-order valence-corrected chi connectivity index (χ3v) is 3.62. The van der Waals surface area contributed by atoms with Crippen molar-refractivity contribution in [3.63, 3.8) is 0 Å². The Balaban J connectivity index is 2.08. The van der Waals surface area contributed by atoms with E-state index in [0.29, 0.717) is 17.9 Å². The summed E-state index contributed by atoms with van der Waals surface area (Å²) >= 11 is 1.64. The number of anilines is 1. The topological polar surface area (TPSA) is 77.0 Å². The fourth-order valence-electron chi connectivity index (χ4n) is 1.48. The summed E-state index contributed by atoms with van der Waals surface area (Å²) in [6.07, 6.45) is 5.65. The van der Waals surface area contributed by atoms with Gasteiger partial charge in [-0.25, -0.2) is 19.7 Å². The average Bonchev–Trinajstić information content (AvgIpc) is 2.92. The van der Waals surface area contributed by atoms with Gasteiger partial charge in [0.2, 0.25) is 0 Å². The van der Waals surface area contributed by atoms with Gasteiger partial charge < -0.3 is 10.1 Å². The predicted octanol–water partition coefficient (Wildman–Crippen LogP) is 1.89. The summed E-state index contributed by atoms with van der Waals surface area (Å²) in [5.74, 6) is -0.00779. The molecule has 0 spiro atoms. The summed E-state index contributed by atoms with van der Waals surface area (Å²) < 4.78 is 4.68. The normalized spacial score (nSPS) is 10.2. The number of nitrogens with zero attached hydrogens (tertiary/aromatic N) is 3. The van der Waals surface area contributed by atoms with Crippen LogP contribution in [-0.2, 0) is 17.7 Å². The maximum Gasteiger partial charge on any atom is 0.343 e. The Hall–Kier alpha value is -2.02. The first-order chi connectivity index (χ1) is 9.24. The third-order valence-electron chi connectivity index (χ3n) is 2.47. The Morgan fingerprint density at radius 1 is 1.42 bits per heavy atom. The van der Waals surface area contributed by atoms with Gasteiger partial charge in [-0.3, -0.25) is 0 Å². The van der Waals surface area contributed by atoms with Crippen LogP contribution in [0.1, 0.15) is 27.2 Å². The van der Waals surface area contributed by atoms with Gasteiger partial charge in [-0.15, -0.1) is 11.3 Å². The zero-order valence-electron chi connectivity index (χ0n) is 10.7. The van der Waals surface area contributed by atoms with E-state index in [-0.39, 0.29) is 0 Å². The number of esters is 1. The molecule has 0 unspecified atom stereocenters. The number of hydrogen-bond acceptors (Lipinski definition) is 7. The highest BCUT2D eigenvalue weighted by atomic mass is 32.1. The van der Waals surface area contributed by atoms with Crippen LogP contribution in [0.5, 0.6) is 0 Å². The van der Waals surface area contributed by atoms with Crippen LogP contribution in [0.25, 0.3) is 0 Å². The fraction of sp³-hybridized carbons (Fsp3) is 0.333. The molecule has 0 saturated heterocycles. The molecule has 2 heterocycles. The van der Waals surface area contributed by atoms with Gasteiger partial charge in [0.1, 0.15) is 22.7 Å². The Kier molecular flexibility index (Phi) is 4.40. The molecule has 0 amide bonds. The number of rotatable bonds is 5. The molecule has 0 aliphatic carbocycles. The molecule has 19 heavy (non-hydrogen) atoms. The highest BCUT2D eigenvalue weighted by Crippen LogP contribution is 2.16. The number of hydrogen-bond donors (Lipinski definition) is 1. The molecular formula is C12H14N4O2S. The highest BCUT2D eigenvalue weighted by Gasteiger charge is 2.13. The lowest BCUT2D eigenvalue weighted by atomic mass is 10.3. The van der Waals surface area contributed by atoms with Crippen LogP contribution in [0.4, 0.5) is 5.82 Å². The van der Waals surface area contributed by atoms with Crippen LogP contribution in [-0.4, -0.2) is 28.0 Å². The van der Waals surface area contributed by atoms with E-state index in [4.69, 9.17) is 0 Å². The van der Waals surface area contributed by atoms with Crippen molar-refractivity contribution in [3.05, 3.63) is 34.2 Å². The summed E-state index contributed by atoms with van der Waals surface area (Å²) in [5.41, 5.74) is 0.317. The van der Waals surface area contributed by atoms with Crippen molar-refractivity contribution in [3.8, 4) is 0 Å². The molecular weight excluding hydrogens is 264 g/mol. The Labute approximate surface area is 114 Å². The molecule has 2 rings (SSSR count). The molecule has 0 bridgehead atoms.